The smallest absolute Gasteiger partial charge is 0.335 e. The molecule has 3 rings (SSSR count). The molecule has 0 bridgehead atoms. The summed E-state index contributed by atoms with van der Waals surface area (Å²) >= 11 is 5.14. The lowest BCUT2D eigenvalue weighted by Crippen LogP contribution is -2.54. The Labute approximate surface area is 160 Å². The number of aromatic nitrogens is 1. The van der Waals surface area contributed by atoms with Gasteiger partial charge < -0.3 is 9.67 Å². The van der Waals surface area contributed by atoms with E-state index in [0.717, 1.165) is 17.0 Å². The summed E-state index contributed by atoms with van der Waals surface area (Å²) in [6, 6.07) is 7.58. The number of carboxylic acid groups (broad SMARTS) is 1. The van der Waals surface area contributed by atoms with Gasteiger partial charge in [0.2, 0.25) is 0 Å². The fraction of sp³-hybridized carbons (Fsp3) is 0.158. The van der Waals surface area contributed by atoms with Crippen molar-refractivity contribution in [3.05, 3.63) is 58.4 Å². The normalized spacial score (nSPS) is 16.0. The molecule has 1 aliphatic rings. The molecule has 1 aromatic carbocycles. The molecular weight excluding hydrogens is 366 g/mol. The van der Waals surface area contributed by atoms with E-state index in [2.05, 4.69) is 5.32 Å². The van der Waals surface area contributed by atoms with Crippen LogP contribution in [0, 0.1) is 13.8 Å². The van der Waals surface area contributed by atoms with Crippen molar-refractivity contribution in [2.75, 3.05) is 4.90 Å². The van der Waals surface area contributed by atoms with Gasteiger partial charge in [-0.15, -0.1) is 0 Å². The first-order valence-corrected chi connectivity index (χ1v) is 8.49. The van der Waals surface area contributed by atoms with E-state index >= 15 is 0 Å². The van der Waals surface area contributed by atoms with E-state index < -0.39 is 17.8 Å². The number of hydrogen-bond donors (Lipinski definition) is 2. The number of benzene rings is 1. The van der Waals surface area contributed by atoms with E-state index in [4.69, 9.17) is 17.3 Å². The van der Waals surface area contributed by atoms with Gasteiger partial charge in [0.15, 0.2) is 5.11 Å². The molecule has 8 heteroatoms. The van der Waals surface area contributed by atoms with Gasteiger partial charge in [0.05, 0.1) is 11.3 Å². The number of aryl methyl sites for hydroxylation is 1. The third-order valence-electron chi connectivity index (χ3n) is 4.59. The molecule has 1 aromatic heterocycles. The van der Waals surface area contributed by atoms with Crippen LogP contribution in [0.5, 0.6) is 0 Å². The molecule has 27 heavy (non-hydrogen) atoms. The molecule has 2 heterocycles. The summed E-state index contributed by atoms with van der Waals surface area (Å²) in [6.45, 7) is 3.83. The lowest BCUT2D eigenvalue weighted by molar-refractivity contribution is -0.122. The van der Waals surface area contributed by atoms with Crippen molar-refractivity contribution in [2.24, 2.45) is 7.05 Å². The van der Waals surface area contributed by atoms with Crippen LogP contribution in [0.25, 0.3) is 6.08 Å². The van der Waals surface area contributed by atoms with Gasteiger partial charge in [0, 0.05) is 18.4 Å². The van der Waals surface area contributed by atoms with E-state index in [0.29, 0.717) is 5.69 Å². The molecule has 7 nitrogen and oxygen atoms in total. The Balaban J connectivity index is 2.02. The number of nitrogens with one attached hydrogen (secondary N) is 1. The number of hydrogen-bond acceptors (Lipinski definition) is 4. The van der Waals surface area contributed by atoms with Crippen LogP contribution in [0.1, 0.15) is 27.3 Å². The van der Waals surface area contributed by atoms with Gasteiger partial charge in [-0.3, -0.25) is 19.8 Å². The largest absolute Gasteiger partial charge is 0.478 e. The van der Waals surface area contributed by atoms with Gasteiger partial charge in [-0.2, -0.15) is 0 Å². The summed E-state index contributed by atoms with van der Waals surface area (Å²) in [5.41, 5.74) is 3.11. The number of thiocarbonyl (C=S) groups is 1. The zero-order valence-corrected chi connectivity index (χ0v) is 15.8. The van der Waals surface area contributed by atoms with E-state index in [1.54, 1.807) is 6.08 Å². The number of rotatable bonds is 3. The van der Waals surface area contributed by atoms with Crippen molar-refractivity contribution in [1.82, 2.24) is 9.88 Å². The van der Waals surface area contributed by atoms with Crippen molar-refractivity contribution in [3.63, 3.8) is 0 Å². The lowest BCUT2D eigenvalue weighted by atomic mass is 10.1. The van der Waals surface area contributed by atoms with E-state index in [1.807, 2.05) is 31.5 Å². The number of amides is 2. The number of anilines is 1. The van der Waals surface area contributed by atoms with Gasteiger partial charge >= 0.3 is 5.97 Å². The first-order valence-electron chi connectivity index (χ1n) is 8.08. The van der Waals surface area contributed by atoms with Gasteiger partial charge in [0.1, 0.15) is 5.57 Å². The fourth-order valence-corrected chi connectivity index (χ4v) is 3.11. The first kappa shape index (κ1) is 18.5. The van der Waals surface area contributed by atoms with Crippen LogP contribution >= 0.6 is 12.2 Å². The third kappa shape index (κ3) is 3.26. The zero-order chi connectivity index (χ0) is 19.9. The van der Waals surface area contributed by atoms with Gasteiger partial charge in [-0.25, -0.2) is 4.79 Å². The van der Waals surface area contributed by atoms with E-state index in [1.165, 1.54) is 29.2 Å². The highest BCUT2D eigenvalue weighted by molar-refractivity contribution is 7.80. The van der Waals surface area contributed by atoms with Gasteiger partial charge in [0.25, 0.3) is 11.8 Å². The molecule has 2 aromatic rings. The minimum atomic E-state index is -1.07. The lowest BCUT2D eigenvalue weighted by Gasteiger charge is -2.29. The minimum Gasteiger partial charge on any atom is -0.478 e. The summed E-state index contributed by atoms with van der Waals surface area (Å²) in [5.74, 6) is -2.20. The average Bonchev–Trinajstić information content (AvgIpc) is 2.85. The molecule has 0 spiro atoms. The van der Waals surface area contributed by atoms with Crippen LogP contribution in [-0.4, -0.2) is 32.6 Å². The molecule has 0 saturated carbocycles. The molecule has 1 aliphatic heterocycles. The molecular formula is C19H17N3O4S. The van der Waals surface area contributed by atoms with E-state index in [-0.39, 0.29) is 16.2 Å². The highest BCUT2D eigenvalue weighted by Crippen LogP contribution is 2.24. The summed E-state index contributed by atoms with van der Waals surface area (Å²) in [4.78, 5) is 37.5. The fourth-order valence-electron chi connectivity index (χ4n) is 2.83. The second-order valence-corrected chi connectivity index (χ2v) is 6.58. The van der Waals surface area contributed by atoms with Crippen LogP contribution in [0.2, 0.25) is 0 Å². The number of carboxylic acids is 1. The summed E-state index contributed by atoms with van der Waals surface area (Å²) in [7, 11) is 1.90. The van der Waals surface area contributed by atoms with E-state index in [9.17, 15) is 14.4 Å². The van der Waals surface area contributed by atoms with Crippen LogP contribution in [0.15, 0.2) is 35.9 Å². The van der Waals surface area contributed by atoms with Crippen molar-refractivity contribution in [2.45, 2.75) is 13.8 Å². The minimum absolute atomic E-state index is 0.0420. The molecule has 2 N–H and O–H groups in total. The standard InChI is InChI=1S/C19H17N3O4S/c1-10-8-13(11(2)21(10)3)9-15-16(23)20-19(27)22(17(15)24)14-6-4-12(5-7-14)18(25)26/h4-9H,1-3H3,(H,25,26)(H,20,23,27)/b15-9+. The van der Waals surface area contributed by atoms with Crippen LogP contribution in [-0.2, 0) is 16.6 Å². The number of aromatic carboxylic acids is 1. The van der Waals surface area contributed by atoms with Crippen molar-refractivity contribution < 1.29 is 19.5 Å². The van der Waals surface area contributed by atoms with Crippen molar-refractivity contribution in [3.8, 4) is 0 Å². The van der Waals surface area contributed by atoms with Crippen LogP contribution < -0.4 is 10.2 Å². The maximum Gasteiger partial charge on any atom is 0.335 e. The number of carbonyl (C=O) groups is 3. The maximum absolute atomic E-state index is 13.0. The average molecular weight is 383 g/mol. The highest BCUT2D eigenvalue weighted by Gasteiger charge is 2.34. The Bertz CT molecular complexity index is 1020. The van der Waals surface area contributed by atoms with Crippen LogP contribution in [0.3, 0.4) is 0 Å². The molecule has 0 aliphatic carbocycles. The second-order valence-electron chi connectivity index (χ2n) is 6.20. The Morgan fingerprint density at radius 1 is 1.19 bits per heavy atom. The monoisotopic (exact) mass is 383 g/mol. The Morgan fingerprint density at radius 2 is 1.81 bits per heavy atom. The number of nitrogens with zero attached hydrogens (tertiary/aromatic N) is 2. The van der Waals surface area contributed by atoms with Gasteiger partial charge in [-0.05, 0) is 68.0 Å². The summed E-state index contributed by atoms with van der Waals surface area (Å²) < 4.78 is 1.96. The molecule has 138 valence electrons. The molecule has 0 radical (unpaired) electrons. The SMILES string of the molecule is Cc1cc(/C=C2\C(=O)NC(=S)N(c3ccc(C(=O)O)cc3)C2=O)c(C)n1C. The van der Waals surface area contributed by atoms with Gasteiger partial charge in [-0.1, -0.05) is 0 Å². The quantitative estimate of drug-likeness (QED) is 0.482. The Hall–Kier alpha value is -3.26. The topological polar surface area (TPSA) is 91.6 Å². The second kappa shape index (κ2) is 6.81. The molecule has 2 amide bonds. The predicted octanol–water partition coefficient (Wildman–Crippen LogP) is 2.17. The van der Waals surface area contributed by atoms with Crippen LogP contribution in [0.4, 0.5) is 5.69 Å². The predicted molar refractivity (Wildman–Crippen MR) is 104 cm³/mol. The summed E-state index contributed by atoms with van der Waals surface area (Å²) in [5, 5.41) is 11.5. The van der Waals surface area contributed by atoms with Crippen molar-refractivity contribution in [1.29, 1.82) is 0 Å². The highest BCUT2D eigenvalue weighted by atomic mass is 32.1. The molecule has 0 unspecified atom stereocenters. The Kier molecular flexibility index (Phi) is 4.67. The zero-order valence-electron chi connectivity index (χ0n) is 14.9. The summed E-state index contributed by atoms with van der Waals surface area (Å²) in [6.07, 6.45) is 1.54. The Morgan fingerprint density at radius 3 is 2.33 bits per heavy atom. The molecule has 0 atom stereocenters. The van der Waals surface area contributed by atoms with Crippen molar-refractivity contribution >= 4 is 46.9 Å². The molecule has 1 fully saturated rings. The first-order chi connectivity index (χ1) is 12.7. The third-order valence-corrected chi connectivity index (χ3v) is 4.87. The molecule has 1 saturated heterocycles. The maximum atomic E-state index is 13.0. The number of carbonyl (C=O) groups excluding carboxylic acids is 2.